The standard InChI is InChI=1S/C20H29NO2.C13H21N.CH3I/c1-23-20(22)13-17(11-15-7-3-2-4-8-15)18-12-16-9-5-6-10-19(16)21-14-18;1-12(2,3)10-8-7-9-11(14-10)13(4,5)6;1-2/h5-6,9-10,15,17-18,21H,2-4,7-8,11-14H2,1H3;7-9H,1-6H3;1H3. The molecule has 5 heteroatoms. The molecule has 2 aliphatic rings. The normalized spacial score (nSPS) is 18.2. The minimum atomic E-state index is -0.0512. The zero-order valence-electron chi connectivity index (χ0n) is 25.8. The number of anilines is 1. The number of ether oxygens (including phenoxy) is 1. The molecule has 4 rings (SSSR count). The number of esters is 1. The molecule has 1 aromatic heterocycles. The van der Waals surface area contributed by atoms with E-state index in [0.717, 1.165) is 18.9 Å². The third kappa shape index (κ3) is 11.0. The topological polar surface area (TPSA) is 51.2 Å². The summed E-state index contributed by atoms with van der Waals surface area (Å²) < 4.78 is 4.97. The lowest BCUT2D eigenvalue weighted by Crippen LogP contribution is -2.32. The van der Waals surface area contributed by atoms with Crippen LogP contribution in [0.15, 0.2) is 42.5 Å². The van der Waals surface area contributed by atoms with Crippen molar-refractivity contribution in [3.05, 3.63) is 59.4 Å². The molecule has 1 aliphatic carbocycles. The van der Waals surface area contributed by atoms with Crippen LogP contribution in [0.3, 0.4) is 0 Å². The maximum atomic E-state index is 11.9. The Balaban J connectivity index is 0.000000287. The van der Waals surface area contributed by atoms with Gasteiger partial charge in [0.05, 0.1) is 7.11 Å². The second kappa shape index (κ2) is 16.0. The second-order valence-electron chi connectivity index (χ2n) is 13.2. The molecule has 1 N–H and O–H groups in total. The molecule has 218 valence electrons. The minimum absolute atomic E-state index is 0.0512. The van der Waals surface area contributed by atoms with E-state index in [-0.39, 0.29) is 16.8 Å². The van der Waals surface area contributed by atoms with E-state index in [0.29, 0.717) is 18.3 Å². The van der Waals surface area contributed by atoms with Crippen LogP contribution in [0.25, 0.3) is 0 Å². The van der Waals surface area contributed by atoms with Crippen LogP contribution in [0.1, 0.15) is 103 Å². The van der Waals surface area contributed by atoms with Crippen LogP contribution in [0, 0.1) is 17.8 Å². The highest BCUT2D eigenvalue weighted by atomic mass is 127. The molecule has 1 aromatic carbocycles. The van der Waals surface area contributed by atoms with Crippen molar-refractivity contribution in [2.75, 3.05) is 23.9 Å². The number of hydrogen-bond acceptors (Lipinski definition) is 4. The number of carbonyl (C=O) groups excluding carboxylic acids is 1. The predicted molar refractivity (Wildman–Crippen MR) is 175 cm³/mol. The monoisotopic (exact) mass is 648 g/mol. The fourth-order valence-corrected chi connectivity index (χ4v) is 5.66. The van der Waals surface area contributed by atoms with E-state index in [1.54, 1.807) is 0 Å². The van der Waals surface area contributed by atoms with Gasteiger partial charge < -0.3 is 10.1 Å². The molecule has 2 unspecified atom stereocenters. The Bertz CT molecular complexity index is 973. The van der Waals surface area contributed by atoms with Crippen LogP contribution in [0.5, 0.6) is 0 Å². The van der Waals surface area contributed by atoms with Crippen molar-refractivity contribution >= 4 is 34.2 Å². The smallest absolute Gasteiger partial charge is 0.305 e. The van der Waals surface area contributed by atoms with Gasteiger partial charge in [0.1, 0.15) is 0 Å². The molecule has 2 heterocycles. The Morgan fingerprint density at radius 1 is 0.949 bits per heavy atom. The predicted octanol–water partition coefficient (Wildman–Crippen LogP) is 9.15. The van der Waals surface area contributed by atoms with Crippen molar-refractivity contribution in [1.82, 2.24) is 4.98 Å². The molecule has 1 aliphatic heterocycles. The Labute approximate surface area is 252 Å². The Morgan fingerprint density at radius 3 is 2.10 bits per heavy atom. The van der Waals surface area contributed by atoms with E-state index in [1.807, 2.05) is 4.93 Å². The Hall–Kier alpha value is -1.63. The van der Waals surface area contributed by atoms with Gasteiger partial charge in [-0.15, -0.1) is 0 Å². The van der Waals surface area contributed by atoms with E-state index >= 15 is 0 Å². The van der Waals surface area contributed by atoms with E-state index in [1.165, 1.54) is 68.3 Å². The number of alkyl halides is 1. The van der Waals surface area contributed by atoms with Gasteiger partial charge in [0.2, 0.25) is 0 Å². The van der Waals surface area contributed by atoms with E-state index < -0.39 is 0 Å². The first kappa shape index (κ1) is 33.6. The highest BCUT2D eigenvalue weighted by Gasteiger charge is 2.30. The summed E-state index contributed by atoms with van der Waals surface area (Å²) in [5, 5.41) is 3.57. The van der Waals surface area contributed by atoms with Crippen molar-refractivity contribution in [3.63, 3.8) is 0 Å². The molecule has 4 nitrogen and oxygen atoms in total. The molecule has 0 spiro atoms. The number of hydrogen-bond donors (Lipinski definition) is 1. The van der Waals surface area contributed by atoms with Gasteiger partial charge >= 0.3 is 5.97 Å². The molecule has 0 saturated heterocycles. The third-order valence-corrected chi connectivity index (χ3v) is 8.02. The quantitative estimate of drug-likeness (QED) is 0.200. The second-order valence-corrected chi connectivity index (χ2v) is 13.2. The number of aromatic nitrogens is 1. The summed E-state index contributed by atoms with van der Waals surface area (Å²) in [4.78, 5) is 18.6. The number of nitrogens with one attached hydrogen (secondary N) is 1. The van der Waals surface area contributed by atoms with Gasteiger partial charge in [-0.1, -0.05) is 121 Å². The summed E-state index contributed by atoms with van der Waals surface area (Å²) in [5.41, 5.74) is 5.28. The molecule has 0 amide bonds. The zero-order valence-corrected chi connectivity index (χ0v) is 27.9. The fraction of sp³-hybridized carbons (Fsp3) is 0.647. The average Bonchev–Trinajstić information content (AvgIpc) is 2.93. The van der Waals surface area contributed by atoms with Crippen LogP contribution in [-0.2, 0) is 26.8 Å². The number of para-hydroxylation sites is 1. The summed E-state index contributed by atoms with van der Waals surface area (Å²) in [5.74, 6) is 1.72. The Morgan fingerprint density at radius 2 is 1.54 bits per heavy atom. The first-order valence-corrected chi connectivity index (χ1v) is 16.9. The summed E-state index contributed by atoms with van der Waals surface area (Å²) >= 11 is 2.15. The van der Waals surface area contributed by atoms with Gasteiger partial charge in [0.15, 0.2) is 0 Å². The zero-order chi connectivity index (χ0) is 29.1. The van der Waals surface area contributed by atoms with Crippen LogP contribution < -0.4 is 5.32 Å². The third-order valence-electron chi connectivity index (χ3n) is 8.02. The lowest BCUT2D eigenvalue weighted by molar-refractivity contribution is -0.142. The highest BCUT2D eigenvalue weighted by Crippen LogP contribution is 2.37. The lowest BCUT2D eigenvalue weighted by Gasteiger charge is -2.35. The van der Waals surface area contributed by atoms with Gasteiger partial charge in [-0.2, -0.15) is 0 Å². The summed E-state index contributed by atoms with van der Waals surface area (Å²) in [6.45, 7) is 14.2. The van der Waals surface area contributed by atoms with Crippen molar-refractivity contribution < 1.29 is 9.53 Å². The number of rotatable bonds is 5. The lowest BCUT2D eigenvalue weighted by atomic mass is 9.74. The minimum Gasteiger partial charge on any atom is -0.469 e. The van der Waals surface area contributed by atoms with Crippen LogP contribution in [-0.4, -0.2) is 29.5 Å². The Kier molecular flexibility index (Phi) is 13.8. The number of fused-ring (bicyclic) bond motifs is 1. The molecule has 0 bridgehead atoms. The summed E-state index contributed by atoms with van der Waals surface area (Å²) in [6, 6.07) is 14.9. The number of halogens is 1. The van der Waals surface area contributed by atoms with Gasteiger partial charge in [0, 0.05) is 40.9 Å². The van der Waals surface area contributed by atoms with Crippen molar-refractivity contribution in [1.29, 1.82) is 0 Å². The highest BCUT2D eigenvalue weighted by molar-refractivity contribution is 14.1. The molecule has 2 atom stereocenters. The van der Waals surface area contributed by atoms with Gasteiger partial charge in [-0.25, -0.2) is 0 Å². The van der Waals surface area contributed by atoms with Crippen molar-refractivity contribution in [2.24, 2.45) is 17.8 Å². The molecular formula is C34H53IN2O2. The average molecular weight is 649 g/mol. The molecular weight excluding hydrogens is 595 g/mol. The fourth-order valence-electron chi connectivity index (χ4n) is 5.66. The number of pyridine rings is 1. The molecule has 2 aromatic rings. The number of nitrogens with zero attached hydrogens (tertiary/aromatic N) is 1. The van der Waals surface area contributed by atoms with E-state index in [4.69, 9.17) is 9.72 Å². The largest absolute Gasteiger partial charge is 0.469 e. The molecule has 1 saturated carbocycles. The molecule has 39 heavy (non-hydrogen) atoms. The van der Waals surface area contributed by atoms with Crippen LogP contribution in [0.4, 0.5) is 5.69 Å². The maximum Gasteiger partial charge on any atom is 0.305 e. The number of benzene rings is 1. The number of methoxy groups -OCH3 is 1. The first-order chi connectivity index (χ1) is 18.5. The van der Waals surface area contributed by atoms with Crippen LogP contribution >= 0.6 is 22.6 Å². The van der Waals surface area contributed by atoms with Crippen molar-refractivity contribution in [2.45, 2.75) is 104 Å². The number of carbonyl (C=O) groups is 1. The SMILES string of the molecule is CC(C)(C)c1cccc(C(C)(C)C)n1.CI.COC(=O)CC(CC1CCCCC1)C1CNc2ccccc2C1. The van der Waals surface area contributed by atoms with Crippen molar-refractivity contribution in [3.8, 4) is 0 Å². The summed E-state index contributed by atoms with van der Waals surface area (Å²) in [7, 11) is 1.51. The van der Waals surface area contributed by atoms with Gasteiger partial charge in [-0.3, -0.25) is 9.78 Å². The van der Waals surface area contributed by atoms with E-state index in [9.17, 15) is 4.79 Å². The van der Waals surface area contributed by atoms with Gasteiger partial charge in [-0.05, 0) is 59.3 Å². The first-order valence-electron chi connectivity index (χ1n) is 14.7. The molecule has 0 radical (unpaired) electrons. The van der Waals surface area contributed by atoms with Crippen LogP contribution in [0.2, 0.25) is 0 Å². The van der Waals surface area contributed by atoms with Gasteiger partial charge in [0.25, 0.3) is 0 Å². The van der Waals surface area contributed by atoms with E-state index in [2.05, 4.69) is 112 Å². The molecule has 1 fully saturated rings. The maximum absolute atomic E-state index is 11.9. The summed E-state index contributed by atoms with van der Waals surface area (Å²) in [6.07, 6.45) is 9.63.